The summed E-state index contributed by atoms with van der Waals surface area (Å²) in [7, 11) is 0. The zero-order valence-corrected chi connectivity index (χ0v) is 15.1. The van der Waals surface area contributed by atoms with E-state index in [1.165, 1.54) is 12.8 Å². The average Bonchev–Trinajstić information content (AvgIpc) is 3.37. The summed E-state index contributed by atoms with van der Waals surface area (Å²) in [5, 5.41) is 13.6. The standard InChI is InChI=1S/C19H27N3O4/c23-17(10-9-16-20-18(21-26-16)12-5-1-2-6-12)22-14-8-4-3-7-13(14)11-15(22)19(24)25/h12-15H,1-11H2,(H,24,25)/t13-,14+,15-/m0/s1. The van der Waals surface area contributed by atoms with Gasteiger partial charge in [-0.1, -0.05) is 30.8 Å². The zero-order valence-electron chi connectivity index (χ0n) is 15.1. The average molecular weight is 361 g/mol. The van der Waals surface area contributed by atoms with E-state index in [1.54, 1.807) is 4.90 Å². The number of carboxylic acid groups (broad SMARTS) is 1. The summed E-state index contributed by atoms with van der Waals surface area (Å²) in [6, 6.07) is -0.582. The molecule has 0 aromatic carbocycles. The number of fused-ring (bicyclic) bond motifs is 1. The van der Waals surface area contributed by atoms with Crippen LogP contribution in [-0.4, -0.2) is 44.1 Å². The normalized spacial score (nSPS) is 29.1. The van der Waals surface area contributed by atoms with Crippen LogP contribution in [-0.2, 0) is 16.0 Å². The number of hydrogen-bond acceptors (Lipinski definition) is 5. The molecular weight excluding hydrogens is 334 g/mol. The van der Waals surface area contributed by atoms with Crippen molar-refractivity contribution in [3.05, 3.63) is 11.7 Å². The number of carbonyl (C=O) groups is 2. The fourth-order valence-electron chi connectivity index (χ4n) is 5.10. The van der Waals surface area contributed by atoms with E-state index in [4.69, 9.17) is 4.52 Å². The first-order valence-corrected chi connectivity index (χ1v) is 10.00. The number of aromatic nitrogens is 2. The largest absolute Gasteiger partial charge is 0.480 e. The van der Waals surface area contributed by atoms with Crippen LogP contribution in [0.2, 0.25) is 0 Å². The van der Waals surface area contributed by atoms with E-state index in [2.05, 4.69) is 10.1 Å². The fourth-order valence-corrected chi connectivity index (χ4v) is 5.10. The molecular formula is C19H27N3O4. The summed E-state index contributed by atoms with van der Waals surface area (Å²) in [6.45, 7) is 0. The molecule has 1 aromatic rings. The van der Waals surface area contributed by atoms with Gasteiger partial charge in [-0.15, -0.1) is 0 Å². The van der Waals surface area contributed by atoms with Crippen molar-refractivity contribution in [1.82, 2.24) is 15.0 Å². The number of carbonyl (C=O) groups excluding carboxylic acids is 1. The summed E-state index contributed by atoms with van der Waals surface area (Å²) < 4.78 is 5.32. The van der Waals surface area contributed by atoms with Gasteiger partial charge in [-0.3, -0.25) is 4.79 Å². The van der Waals surface area contributed by atoms with Gasteiger partial charge >= 0.3 is 5.97 Å². The summed E-state index contributed by atoms with van der Waals surface area (Å²) in [5.41, 5.74) is 0. The monoisotopic (exact) mass is 361 g/mol. The quantitative estimate of drug-likeness (QED) is 0.866. The highest BCUT2D eigenvalue weighted by molar-refractivity contribution is 5.84. The molecule has 2 saturated carbocycles. The highest BCUT2D eigenvalue weighted by Gasteiger charge is 2.47. The molecule has 3 fully saturated rings. The van der Waals surface area contributed by atoms with Gasteiger partial charge in [-0.25, -0.2) is 4.79 Å². The fraction of sp³-hybridized carbons (Fsp3) is 0.789. The third-order valence-corrected chi connectivity index (χ3v) is 6.42. The molecule has 0 spiro atoms. The third kappa shape index (κ3) is 3.35. The van der Waals surface area contributed by atoms with Gasteiger partial charge in [0.15, 0.2) is 5.82 Å². The van der Waals surface area contributed by atoms with Crippen molar-refractivity contribution in [3.8, 4) is 0 Å². The van der Waals surface area contributed by atoms with Gasteiger partial charge in [0.05, 0.1) is 0 Å². The Kier molecular flexibility index (Phi) is 4.96. The van der Waals surface area contributed by atoms with Crippen LogP contribution < -0.4 is 0 Å². The van der Waals surface area contributed by atoms with Crippen LogP contribution in [0.5, 0.6) is 0 Å². The van der Waals surface area contributed by atoms with Crippen LogP contribution in [0.1, 0.15) is 81.8 Å². The lowest BCUT2D eigenvalue weighted by atomic mass is 9.84. The lowest BCUT2D eigenvalue weighted by molar-refractivity contribution is -0.149. The van der Waals surface area contributed by atoms with Crippen LogP contribution in [0.15, 0.2) is 4.52 Å². The van der Waals surface area contributed by atoms with Crippen LogP contribution in [0.3, 0.4) is 0 Å². The maximum Gasteiger partial charge on any atom is 0.326 e. The Morgan fingerprint density at radius 2 is 1.85 bits per heavy atom. The number of amides is 1. The van der Waals surface area contributed by atoms with Crippen LogP contribution in [0.4, 0.5) is 0 Å². The first kappa shape index (κ1) is 17.5. The second kappa shape index (κ2) is 7.37. The van der Waals surface area contributed by atoms with Crippen molar-refractivity contribution >= 4 is 11.9 Å². The molecule has 1 saturated heterocycles. The van der Waals surface area contributed by atoms with Gasteiger partial charge in [0.2, 0.25) is 11.8 Å². The lowest BCUT2D eigenvalue weighted by Crippen LogP contribution is -2.46. The second-order valence-electron chi connectivity index (χ2n) is 8.03. The zero-order chi connectivity index (χ0) is 18.1. The maximum absolute atomic E-state index is 12.8. The van der Waals surface area contributed by atoms with Crippen molar-refractivity contribution in [2.24, 2.45) is 5.92 Å². The predicted octanol–water partition coefficient (Wildman–Crippen LogP) is 2.90. The molecule has 3 aliphatic rings. The molecule has 7 nitrogen and oxygen atoms in total. The number of aliphatic carboxylic acids is 1. The van der Waals surface area contributed by atoms with E-state index in [0.717, 1.165) is 44.3 Å². The van der Waals surface area contributed by atoms with E-state index in [-0.39, 0.29) is 18.4 Å². The SMILES string of the molecule is O=C(O)[C@@H]1C[C@@H]2CCCC[C@H]2N1C(=O)CCc1nc(C2CCCC2)no1. The highest BCUT2D eigenvalue weighted by atomic mass is 16.5. The molecule has 0 bridgehead atoms. The van der Waals surface area contributed by atoms with Crippen LogP contribution in [0.25, 0.3) is 0 Å². The van der Waals surface area contributed by atoms with E-state index in [1.807, 2.05) is 0 Å². The number of carboxylic acids is 1. The predicted molar refractivity (Wildman–Crippen MR) is 92.5 cm³/mol. The first-order chi connectivity index (χ1) is 12.6. The summed E-state index contributed by atoms with van der Waals surface area (Å²) in [6.07, 6.45) is 10.0. The molecule has 1 N–H and O–H groups in total. The van der Waals surface area contributed by atoms with Crippen molar-refractivity contribution < 1.29 is 19.2 Å². The van der Waals surface area contributed by atoms with E-state index >= 15 is 0 Å². The Labute approximate surface area is 153 Å². The Morgan fingerprint density at radius 3 is 2.62 bits per heavy atom. The lowest BCUT2D eigenvalue weighted by Gasteiger charge is -2.33. The Bertz CT molecular complexity index is 667. The smallest absolute Gasteiger partial charge is 0.326 e. The van der Waals surface area contributed by atoms with Crippen molar-refractivity contribution in [1.29, 1.82) is 0 Å². The molecule has 26 heavy (non-hydrogen) atoms. The number of hydrogen-bond donors (Lipinski definition) is 1. The van der Waals surface area contributed by atoms with Gasteiger partial charge in [0.25, 0.3) is 0 Å². The molecule has 1 aliphatic heterocycles. The third-order valence-electron chi connectivity index (χ3n) is 6.42. The van der Waals surface area contributed by atoms with Crippen molar-refractivity contribution in [2.45, 2.75) is 88.6 Å². The summed E-state index contributed by atoms with van der Waals surface area (Å²) in [5.74, 6) is 1.02. The van der Waals surface area contributed by atoms with Gasteiger partial charge in [0.1, 0.15) is 6.04 Å². The topological polar surface area (TPSA) is 96.5 Å². The minimum Gasteiger partial charge on any atom is -0.480 e. The minimum atomic E-state index is -0.881. The number of likely N-dealkylation sites (tertiary alicyclic amines) is 1. The van der Waals surface area contributed by atoms with Gasteiger partial charge in [-0.05, 0) is 38.0 Å². The Hall–Kier alpha value is -1.92. The molecule has 1 amide bonds. The molecule has 7 heteroatoms. The number of nitrogens with zero attached hydrogens (tertiary/aromatic N) is 3. The first-order valence-electron chi connectivity index (χ1n) is 10.00. The summed E-state index contributed by atoms with van der Waals surface area (Å²) in [4.78, 5) is 30.6. The van der Waals surface area contributed by atoms with E-state index in [0.29, 0.717) is 30.6 Å². The van der Waals surface area contributed by atoms with Gasteiger partial charge in [0, 0.05) is 24.8 Å². The number of rotatable bonds is 5. The van der Waals surface area contributed by atoms with Gasteiger partial charge in [-0.2, -0.15) is 4.98 Å². The van der Waals surface area contributed by atoms with E-state index < -0.39 is 12.0 Å². The molecule has 0 radical (unpaired) electrons. The highest BCUT2D eigenvalue weighted by Crippen LogP contribution is 2.40. The molecule has 142 valence electrons. The number of aryl methyl sites for hydroxylation is 1. The maximum atomic E-state index is 12.8. The molecule has 3 atom stereocenters. The molecule has 2 heterocycles. The molecule has 1 aromatic heterocycles. The van der Waals surface area contributed by atoms with Crippen LogP contribution >= 0.6 is 0 Å². The Morgan fingerprint density at radius 1 is 1.12 bits per heavy atom. The molecule has 2 aliphatic carbocycles. The molecule has 0 unspecified atom stereocenters. The van der Waals surface area contributed by atoms with Crippen molar-refractivity contribution in [3.63, 3.8) is 0 Å². The minimum absolute atomic E-state index is 0.0904. The summed E-state index contributed by atoms with van der Waals surface area (Å²) >= 11 is 0. The van der Waals surface area contributed by atoms with Crippen molar-refractivity contribution in [2.75, 3.05) is 0 Å². The van der Waals surface area contributed by atoms with E-state index in [9.17, 15) is 14.7 Å². The molecule has 4 rings (SSSR count). The Balaban J connectivity index is 1.39. The van der Waals surface area contributed by atoms with Gasteiger partial charge < -0.3 is 14.5 Å². The second-order valence-corrected chi connectivity index (χ2v) is 8.03. The van der Waals surface area contributed by atoms with Crippen LogP contribution in [0, 0.1) is 5.92 Å².